The molecule has 0 spiro atoms. The first kappa shape index (κ1) is 19.4. The largest absolute Gasteiger partial charge is 0.480 e. The Morgan fingerprint density at radius 3 is 2.17 bits per heavy atom. The predicted octanol–water partition coefficient (Wildman–Crippen LogP) is 1.73. The van der Waals surface area contributed by atoms with Crippen LogP contribution >= 0.6 is 0 Å². The number of hydrogen-bond donors (Lipinski definition) is 4. The third kappa shape index (κ3) is 4.43. The van der Waals surface area contributed by atoms with Gasteiger partial charge in [-0.25, -0.2) is 0 Å². The lowest BCUT2D eigenvalue weighted by Gasteiger charge is -2.26. The van der Waals surface area contributed by atoms with Crippen molar-refractivity contribution in [2.75, 3.05) is 13.2 Å². The fraction of sp³-hybridized carbons (Fsp3) is 0.533. The van der Waals surface area contributed by atoms with Gasteiger partial charge in [-0.3, -0.25) is 10.1 Å². The number of carboxylic acids is 1. The second kappa shape index (κ2) is 7.29. The number of rotatable bonds is 7. The highest BCUT2D eigenvalue weighted by molar-refractivity contribution is 5.79. The molecule has 0 aliphatic carbocycles. The predicted molar refractivity (Wildman–Crippen MR) is 76.9 cm³/mol. The molecular formula is C15H20F3NO4. The molecule has 0 saturated carbocycles. The highest BCUT2D eigenvalue weighted by Crippen LogP contribution is 2.35. The lowest BCUT2D eigenvalue weighted by atomic mass is 9.94. The normalized spacial score (nSPS) is 12.7. The van der Waals surface area contributed by atoms with Gasteiger partial charge in [0.25, 0.3) is 0 Å². The van der Waals surface area contributed by atoms with Crippen LogP contribution in [0.25, 0.3) is 0 Å². The van der Waals surface area contributed by atoms with Crippen LogP contribution < -0.4 is 5.32 Å². The molecule has 0 fully saturated rings. The zero-order valence-corrected chi connectivity index (χ0v) is 12.8. The molecule has 0 radical (unpaired) electrons. The van der Waals surface area contributed by atoms with Crippen LogP contribution in [0.4, 0.5) is 13.2 Å². The minimum atomic E-state index is -4.47. The van der Waals surface area contributed by atoms with E-state index in [1.54, 1.807) is 13.8 Å². The summed E-state index contributed by atoms with van der Waals surface area (Å²) in [6.45, 7) is 1.45. The molecule has 0 heterocycles. The van der Waals surface area contributed by atoms with Crippen molar-refractivity contribution in [1.82, 2.24) is 5.32 Å². The van der Waals surface area contributed by atoms with Crippen LogP contribution in [-0.2, 0) is 17.5 Å². The molecule has 0 aliphatic rings. The highest BCUT2D eigenvalue weighted by Gasteiger charge is 2.37. The average Bonchev–Trinajstić information content (AvgIpc) is 2.47. The van der Waals surface area contributed by atoms with Gasteiger partial charge in [0.05, 0.1) is 18.8 Å². The van der Waals surface area contributed by atoms with E-state index in [-0.39, 0.29) is 18.0 Å². The average molecular weight is 335 g/mol. The number of aliphatic carboxylic acids is 1. The maximum atomic E-state index is 13.0. The van der Waals surface area contributed by atoms with Crippen molar-refractivity contribution in [2.24, 2.45) is 0 Å². The summed E-state index contributed by atoms with van der Waals surface area (Å²) < 4.78 is 38.9. The molecule has 0 amide bonds. The van der Waals surface area contributed by atoms with Gasteiger partial charge < -0.3 is 15.3 Å². The molecule has 8 heteroatoms. The number of hydrogen-bond acceptors (Lipinski definition) is 4. The summed E-state index contributed by atoms with van der Waals surface area (Å²) in [5.74, 6) is -1.81. The Morgan fingerprint density at radius 2 is 1.78 bits per heavy atom. The SMILES string of the molecule is CC(C)c1cc(CNC(CO)(CO)C(=O)O)ccc1C(F)(F)F. The quantitative estimate of drug-likeness (QED) is 0.609. The second-order valence-electron chi connectivity index (χ2n) is 5.63. The Balaban J connectivity index is 3.07. The van der Waals surface area contributed by atoms with Crippen LogP contribution in [0.15, 0.2) is 18.2 Å². The number of nitrogens with one attached hydrogen (secondary N) is 1. The molecule has 0 aliphatic heterocycles. The van der Waals surface area contributed by atoms with Crippen molar-refractivity contribution >= 4 is 5.97 Å². The molecule has 0 saturated heterocycles. The molecule has 5 nitrogen and oxygen atoms in total. The van der Waals surface area contributed by atoms with Crippen molar-refractivity contribution in [2.45, 2.75) is 38.0 Å². The molecule has 1 rings (SSSR count). The summed E-state index contributed by atoms with van der Waals surface area (Å²) in [5.41, 5.74) is -2.15. The first-order chi connectivity index (χ1) is 10.6. The summed E-state index contributed by atoms with van der Waals surface area (Å²) in [5, 5.41) is 29.9. The summed E-state index contributed by atoms with van der Waals surface area (Å²) >= 11 is 0. The number of aliphatic hydroxyl groups excluding tert-OH is 2. The van der Waals surface area contributed by atoms with E-state index >= 15 is 0 Å². The lowest BCUT2D eigenvalue weighted by molar-refractivity contribution is -0.149. The summed E-state index contributed by atoms with van der Waals surface area (Å²) in [6.07, 6.45) is -4.47. The number of carboxylic acid groups (broad SMARTS) is 1. The number of halogens is 3. The molecule has 4 N–H and O–H groups in total. The first-order valence-corrected chi connectivity index (χ1v) is 6.97. The molecule has 0 atom stereocenters. The molecule has 23 heavy (non-hydrogen) atoms. The van der Waals surface area contributed by atoms with E-state index in [2.05, 4.69) is 5.32 Å². The fourth-order valence-corrected chi connectivity index (χ4v) is 2.10. The number of benzene rings is 1. The van der Waals surface area contributed by atoms with Gasteiger partial charge in [-0.2, -0.15) is 13.2 Å². The zero-order chi connectivity index (χ0) is 17.8. The molecular weight excluding hydrogens is 315 g/mol. The molecule has 0 unspecified atom stereocenters. The highest BCUT2D eigenvalue weighted by atomic mass is 19.4. The number of aliphatic hydroxyl groups is 2. The Labute approximate surface area is 131 Å². The summed E-state index contributed by atoms with van der Waals surface area (Å²) in [4.78, 5) is 11.1. The van der Waals surface area contributed by atoms with E-state index in [1.165, 1.54) is 12.1 Å². The van der Waals surface area contributed by atoms with E-state index in [9.17, 15) is 18.0 Å². The van der Waals surface area contributed by atoms with Gasteiger partial charge >= 0.3 is 12.1 Å². The topological polar surface area (TPSA) is 89.8 Å². The van der Waals surface area contributed by atoms with Gasteiger partial charge in [0.1, 0.15) is 0 Å². The Morgan fingerprint density at radius 1 is 1.22 bits per heavy atom. The maximum Gasteiger partial charge on any atom is 0.416 e. The Hall–Kier alpha value is -1.64. The van der Waals surface area contributed by atoms with E-state index in [1.807, 2.05) is 0 Å². The standard InChI is InChI=1S/C15H20F3NO4/c1-9(2)11-5-10(3-4-12(11)15(16,17)18)6-19-14(7-20,8-21)13(22)23/h3-5,9,19-21H,6-8H2,1-2H3,(H,22,23). The molecule has 1 aromatic rings. The Kier molecular flexibility index (Phi) is 6.15. The minimum absolute atomic E-state index is 0.103. The van der Waals surface area contributed by atoms with Gasteiger partial charge in [0, 0.05) is 6.54 Å². The van der Waals surface area contributed by atoms with Crippen molar-refractivity contribution in [3.05, 3.63) is 34.9 Å². The van der Waals surface area contributed by atoms with Gasteiger partial charge in [-0.1, -0.05) is 26.0 Å². The summed E-state index contributed by atoms with van der Waals surface area (Å²) in [7, 11) is 0. The van der Waals surface area contributed by atoms with Crippen molar-refractivity contribution in [3.8, 4) is 0 Å². The van der Waals surface area contributed by atoms with Crippen LogP contribution in [0, 0.1) is 0 Å². The third-order valence-corrected chi connectivity index (χ3v) is 3.62. The smallest absolute Gasteiger partial charge is 0.416 e. The van der Waals surface area contributed by atoms with Crippen molar-refractivity contribution in [3.63, 3.8) is 0 Å². The van der Waals surface area contributed by atoms with Gasteiger partial charge in [0.2, 0.25) is 0 Å². The monoisotopic (exact) mass is 335 g/mol. The second-order valence-corrected chi connectivity index (χ2v) is 5.63. The van der Waals surface area contributed by atoms with Gasteiger partial charge in [0.15, 0.2) is 5.54 Å². The zero-order valence-electron chi connectivity index (χ0n) is 12.8. The van der Waals surface area contributed by atoms with Crippen LogP contribution in [0.3, 0.4) is 0 Å². The van der Waals surface area contributed by atoms with E-state index in [0.717, 1.165) is 6.07 Å². The van der Waals surface area contributed by atoms with Gasteiger partial charge in [-0.15, -0.1) is 0 Å². The van der Waals surface area contributed by atoms with Gasteiger partial charge in [-0.05, 0) is 23.1 Å². The first-order valence-electron chi connectivity index (χ1n) is 6.97. The van der Waals surface area contributed by atoms with Crippen LogP contribution in [0.5, 0.6) is 0 Å². The summed E-state index contributed by atoms with van der Waals surface area (Å²) in [6, 6.07) is 3.54. The Bertz CT molecular complexity index is 554. The molecule has 0 aromatic heterocycles. The minimum Gasteiger partial charge on any atom is -0.480 e. The number of alkyl halides is 3. The van der Waals surface area contributed by atoms with E-state index < -0.39 is 36.5 Å². The maximum absolute atomic E-state index is 13.0. The van der Waals surface area contributed by atoms with E-state index in [4.69, 9.17) is 15.3 Å². The van der Waals surface area contributed by atoms with Crippen LogP contribution in [-0.4, -0.2) is 40.0 Å². The third-order valence-electron chi connectivity index (χ3n) is 3.62. The molecule has 1 aromatic carbocycles. The van der Waals surface area contributed by atoms with E-state index in [0.29, 0.717) is 5.56 Å². The molecule has 0 bridgehead atoms. The van der Waals surface area contributed by atoms with Crippen LogP contribution in [0.2, 0.25) is 0 Å². The van der Waals surface area contributed by atoms with Crippen molar-refractivity contribution < 1.29 is 33.3 Å². The number of carbonyl (C=O) groups is 1. The van der Waals surface area contributed by atoms with Crippen molar-refractivity contribution in [1.29, 1.82) is 0 Å². The van der Waals surface area contributed by atoms with Crippen LogP contribution in [0.1, 0.15) is 36.5 Å². The molecule has 130 valence electrons. The lowest BCUT2D eigenvalue weighted by Crippen LogP contribution is -2.57. The fourth-order valence-electron chi connectivity index (χ4n) is 2.10.